The number of aromatic amines is 1. The summed E-state index contributed by atoms with van der Waals surface area (Å²) in [4.78, 5) is 47.3. The number of halogens is 2. The highest BCUT2D eigenvalue weighted by Crippen LogP contribution is 2.27. The molecule has 2 aliphatic rings. The van der Waals surface area contributed by atoms with Gasteiger partial charge in [-0.2, -0.15) is 0 Å². The van der Waals surface area contributed by atoms with Gasteiger partial charge in [0.2, 0.25) is 5.91 Å². The molecule has 3 aromatic rings. The third-order valence-corrected chi connectivity index (χ3v) is 7.89. The molecule has 1 amide bonds. The number of carbonyl (C=O) groups is 3. The molecule has 10 nitrogen and oxygen atoms in total. The van der Waals surface area contributed by atoms with Crippen LogP contribution in [0.15, 0.2) is 42.5 Å². The summed E-state index contributed by atoms with van der Waals surface area (Å²) in [5, 5.41) is 0.923. The number of esters is 2. The zero-order valence-corrected chi connectivity index (χ0v) is 26.3. The molecule has 234 valence electrons. The van der Waals surface area contributed by atoms with E-state index in [-0.39, 0.29) is 43.7 Å². The van der Waals surface area contributed by atoms with E-state index in [1.165, 1.54) is 0 Å². The molecule has 0 spiro atoms. The van der Waals surface area contributed by atoms with E-state index >= 15 is 0 Å². The number of amides is 1. The Morgan fingerprint density at radius 3 is 2.19 bits per heavy atom. The smallest absolute Gasteiger partial charge is 0.338 e. The Kier molecular flexibility index (Phi) is 12.7. The van der Waals surface area contributed by atoms with Crippen molar-refractivity contribution < 1.29 is 28.6 Å². The monoisotopic (exact) mass is 634 g/mol. The van der Waals surface area contributed by atoms with E-state index in [0.717, 1.165) is 80.0 Å². The van der Waals surface area contributed by atoms with Gasteiger partial charge in [0.1, 0.15) is 18.1 Å². The summed E-state index contributed by atoms with van der Waals surface area (Å²) >= 11 is 0. The molecule has 0 unspecified atom stereocenters. The summed E-state index contributed by atoms with van der Waals surface area (Å²) in [6.45, 7) is 8.49. The van der Waals surface area contributed by atoms with E-state index in [2.05, 4.69) is 14.8 Å². The number of benzene rings is 2. The first-order chi connectivity index (χ1) is 19.9. The van der Waals surface area contributed by atoms with Gasteiger partial charge in [0.15, 0.2) is 0 Å². The molecule has 12 heteroatoms. The topological polar surface area (TPSA) is 104 Å². The molecule has 5 rings (SSSR count). The summed E-state index contributed by atoms with van der Waals surface area (Å²) in [5.41, 5.74) is 3.09. The first kappa shape index (κ1) is 34.2. The van der Waals surface area contributed by atoms with E-state index in [1.807, 2.05) is 30.0 Å². The van der Waals surface area contributed by atoms with Crippen molar-refractivity contribution in [1.29, 1.82) is 0 Å². The fourth-order valence-electron chi connectivity index (χ4n) is 5.47. The maximum atomic E-state index is 12.7. The molecule has 3 heterocycles. The van der Waals surface area contributed by atoms with Crippen molar-refractivity contribution in [1.82, 2.24) is 19.7 Å². The van der Waals surface area contributed by atoms with Crippen molar-refractivity contribution >= 4 is 53.6 Å². The first-order valence-electron chi connectivity index (χ1n) is 14.2. The molecule has 43 heavy (non-hydrogen) atoms. The van der Waals surface area contributed by atoms with Gasteiger partial charge in [0, 0.05) is 62.4 Å². The lowest BCUT2D eigenvalue weighted by molar-refractivity contribution is -0.133. The van der Waals surface area contributed by atoms with Crippen LogP contribution in [0.2, 0.25) is 0 Å². The molecule has 0 radical (unpaired) electrons. The van der Waals surface area contributed by atoms with Crippen LogP contribution in [0.5, 0.6) is 11.5 Å². The number of piperazine rings is 1. The number of methoxy groups -OCH3 is 1. The highest BCUT2D eigenvalue weighted by Gasteiger charge is 2.23. The maximum Gasteiger partial charge on any atom is 0.338 e. The fourth-order valence-corrected chi connectivity index (χ4v) is 5.47. The molecule has 2 saturated heterocycles. The van der Waals surface area contributed by atoms with Crippen molar-refractivity contribution in [3.05, 3.63) is 59.3 Å². The highest BCUT2D eigenvalue weighted by molar-refractivity contribution is 5.91. The molecule has 1 N–H and O–H groups in total. The molecule has 0 bridgehead atoms. The number of carbonyl (C=O) groups excluding carboxylic acids is 3. The van der Waals surface area contributed by atoms with Crippen LogP contribution in [-0.4, -0.2) is 104 Å². The van der Waals surface area contributed by atoms with E-state index < -0.39 is 11.9 Å². The molecular formula is C31H40Cl2N4O6. The van der Waals surface area contributed by atoms with Crippen LogP contribution >= 0.6 is 24.8 Å². The van der Waals surface area contributed by atoms with Crippen LogP contribution in [0.3, 0.4) is 0 Å². The molecular weight excluding hydrogens is 595 g/mol. The number of fused-ring (bicyclic) bond motifs is 1. The van der Waals surface area contributed by atoms with Crippen LogP contribution in [0, 0.1) is 6.92 Å². The van der Waals surface area contributed by atoms with Crippen LogP contribution in [0.4, 0.5) is 0 Å². The molecule has 2 aromatic carbocycles. The van der Waals surface area contributed by atoms with Gasteiger partial charge < -0.3 is 24.1 Å². The third kappa shape index (κ3) is 8.86. The molecule has 1 aromatic heterocycles. The first-order valence-corrected chi connectivity index (χ1v) is 14.2. The number of hydrogen-bond acceptors (Lipinski definition) is 8. The van der Waals surface area contributed by atoms with Crippen molar-refractivity contribution in [2.24, 2.45) is 0 Å². The van der Waals surface area contributed by atoms with Crippen LogP contribution in [0.1, 0.15) is 34.5 Å². The Hall–Kier alpha value is -3.31. The summed E-state index contributed by atoms with van der Waals surface area (Å²) in [7, 11) is 1.61. The Balaban J connectivity index is 0.00000253. The van der Waals surface area contributed by atoms with Crippen molar-refractivity contribution in [2.75, 3.05) is 66.1 Å². The lowest BCUT2D eigenvalue weighted by Crippen LogP contribution is -2.50. The molecule has 0 aliphatic carbocycles. The Bertz CT molecular complexity index is 1380. The van der Waals surface area contributed by atoms with Gasteiger partial charge >= 0.3 is 11.9 Å². The highest BCUT2D eigenvalue weighted by atomic mass is 35.5. The fraction of sp³-hybridized carbons (Fsp3) is 0.452. The number of aromatic nitrogens is 1. The number of nitrogens with one attached hydrogen (secondary N) is 1. The third-order valence-electron chi connectivity index (χ3n) is 7.89. The van der Waals surface area contributed by atoms with E-state index in [0.29, 0.717) is 24.4 Å². The van der Waals surface area contributed by atoms with Gasteiger partial charge in [-0.3, -0.25) is 19.4 Å². The van der Waals surface area contributed by atoms with E-state index in [4.69, 9.17) is 14.2 Å². The average molecular weight is 636 g/mol. The van der Waals surface area contributed by atoms with Gasteiger partial charge in [0.25, 0.3) is 0 Å². The lowest BCUT2D eigenvalue weighted by Gasteiger charge is -2.34. The quantitative estimate of drug-likeness (QED) is 0.265. The summed E-state index contributed by atoms with van der Waals surface area (Å²) in [6.07, 6.45) is 2.32. The number of likely N-dealkylation sites (tertiary alicyclic amines) is 1. The Morgan fingerprint density at radius 2 is 1.51 bits per heavy atom. The number of H-pyrrole nitrogens is 1. The summed E-state index contributed by atoms with van der Waals surface area (Å²) < 4.78 is 16.3. The second kappa shape index (κ2) is 16.0. The Labute approximate surface area is 264 Å². The van der Waals surface area contributed by atoms with Crippen LogP contribution in [0.25, 0.3) is 10.9 Å². The van der Waals surface area contributed by atoms with E-state index in [1.54, 1.807) is 31.4 Å². The predicted octanol–water partition coefficient (Wildman–Crippen LogP) is 3.87. The Morgan fingerprint density at radius 1 is 0.860 bits per heavy atom. The zero-order valence-electron chi connectivity index (χ0n) is 24.6. The van der Waals surface area contributed by atoms with Crippen LogP contribution < -0.4 is 9.47 Å². The van der Waals surface area contributed by atoms with Crippen molar-refractivity contribution in [3.63, 3.8) is 0 Å². The zero-order chi connectivity index (χ0) is 28.8. The molecule has 0 saturated carbocycles. The predicted molar refractivity (Wildman–Crippen MR) is 169 cm³/mol. The normalized spacial score (nSPS) is 15.4. The van der Waals surface area contributed by atoms with Crippen molar-refractivity contribution in [2.45, 2.75) is 26.2 Å². The van der Waals surface area contributed by atoms with Gasteiger partial charge in [-0.25, -0.2) is 4.79 Å². The molecule has 2 fully saturated rings. The summed E-state index contributed by atoms with van der Waals surface area (Å²) in [5.74, 6) is 0.504. The SMILES string of the molecule is COc1ccc2[nH]c(C)c(CC(=O)Oc3ccc(C(=O)OCCN4CCN(CC(=O)N5CCCC5)CC4)cc3)c2c1.Cl.Cl. The average Bonchev–Trinajstić information content (AvgIpc) is 3.62. The number of ether oxygens (including phenoxy) is 3. The number of hydrogen-bond donors (Lipinski definition) is 1. The van der Waals surface area contributed by atoms with Crippen molar-refractivity contribution in [3.8, 4) is 11.5 Å². The van der Waals surface area contributed by atoms with E-state index in [9.17, 15) is 14.4 Å². The minimum absolute atomic E-state index is 0. The lowest BCUT2D eigenvalue weighted by atomic mass is 10.1. The number of rotatable bonds is 10. The molecule has 0 atom stereocenters. The second-order valence-corrected chi connectivity index (χ2v) is 10.7. The van der Waals surface area contributed by atoms with Gasteiger partial charge in [-0.15, -0.1) is 24.8 Å². The van der Waals surface area contributed by atoms with Crippen LogP contribution in [-0.2, 0) is 20.7 Å². The van der Waals surface area contributed by atoms with Gasteiger partial charge in [-0.05, 0) is 67.8 Å². The summed E-state index contributed by atoms with van der Waals surface area (Å²) in [6, 6.07) is 12.1. The second-order valence-electron chi connectivity index (χ2n) is 10.7. The number of nitrogens with zero attached hydrogens (tertiary/aromatic N) is 3. The number of aryl methyl sites for hydroxylation is 1. The van der Waals surface area contributed by atoms with Gasteiger partial charge in [0.05, 0.1) is 25.6 Å². The molecule has 2 aliphatic heterocycles. The minimum atomic E-state index is -0.416. The maximum absolute atomic E-state index is 12.7. The minimum Gasteiger partial charge on any atom is -0.497 e. The van der Waals surface area contributed by atoms with Gasteiger partial charge in [-0.1, -0.05) is 0 Å². The largest absolute Gasteiger partial charge is 0.497 e. The standard InChI is InChI=1S/C31H38N4O6.2ClH/c1-22-26(27-19-25(39-2)9-10-28(27)32-22)20-30(37)41-24-7-5-23(6-8-24)31(38)40-18-17-33-13-15-34(16-14-33)21-29(36)35-11-3-4-12-35;;/h5-10,19,32H,3-4,11-18,20-21H2,1-2H3;2*1H.